The summed E-state index contributed by atoms with van der Waals surface area (Å²) in [4.78, 5) is 23.4. The molecule has 0 aliphatic rings. The number of aromatic hydroxyl groups is 1. The highest BCUT2D eigenvalue weighted by Crippen LogP contribution is 2.26. The van der Waals surface area contributed by atoms with E-state index in [9.17, 15) is 14.7 Å². The number of hydrogen-bond acceptors (Lipinski definition) is 6. The second kappa shape index (κ2) is 10.7. The highest BCUT2D eigenvalue weighted by atomic mass is 16.5. The lowest BCUT2D eigenvalue weighted by Gasteiger charge is -2.09. The Morgan fingerprint density at radius 1 is 1.11 bits per heavy atom. The van der Waals surface area contributed by atoms with E-state index in [1.54, 1.807) is 12.1 Å². The third kappa shape index (κ3) is 7.27. The largest absolute Gasteiger partial charge is 0.504 e. The van der Waals surface area contributed by atoms with Crippen LogP contribution in [0.4, 0.5) is 0 Å². The minimum Gasteiger partial charge on any atom is -0.504 e. The molecule has 2 rings (SSSR count). The molecule has 144 valence electrons. The number of aryl methyl sites for hydroxylation is 1. The molecule has 1 amide bonds. The Morgan fingerprint density at radius 3 is 2.59 bits per heavy atom. The zero-order valence-corrected chi connectivity index (χ0v) is 15.1. The molecule has 2 aromatic carbocycles. The normalized spacial score (nSPS) is 10.1. The molecule has 2 N–H and O–H groups in total. The smallest absolute Gasteiger partial charge is 0.306 e. The van der Waals surface area contributed by atoms with Crippen LogP contribution in [0.5, 0.6) is 17.2 Å². The van der Waals surface area contributed by atoms with E-state index < -0.39 is 5.97 Å². The van der Waals surface area contributed by atoms with E-state index in [0.29, 0.717) is 25.3 Å². The topological polar surface area (TPSA) is 94.1 Å². The number of esters is 1. The molecule has 0 spiro atoms. The first-order valence-electron chi connectivity index (χ1n) is 8.54. The number of methoxy groups -OCH3 is 1. The number of carbonyl (C=O) groups excluding carboxylic acids is 2. The number of benzene rings is 2. The summed E-state index contributed by atoms with van der Waals surface area (Å²) in [6.45, 7) is 0.305. The number of nitrogens with one attached hydrogen (secondary N) is 1. The van der Waals surface area contributed by atoms with Gasteiger partial charge in [-0.3, -0.25) is 9.59 Å². The molecule has 2 aromatic rings. The summed E-state index contributed by atoms with van der Waals surface area (Å²) in [5.41, 5.74) is 0.771. The Bertz CT molecular complexity index is 747. The second-order valence-electron chi connectivity index (χ2n) is 5.68. The van der Waals surface area contributed by atoms with Gasteiger partial charge in [-0.25, -0.2) is 0 Å². The van der Waals surface area contributed by atoms with Gasteiger partial charge in [-0.1, -0.05) is 24.3 Å². The molecule has 0 aliphatic heterocycles. The molecule has 0 aromatic heterocycles. The molecule has 0 radical (unpaired) electrons. The van der Waals surface area contributed by atoms with E-state index in [1.165, 1.54) is 13.2 Å². The number of hydrogen-bond donors (Lipinski definition) is 2. The van der Waals surface area contributed by atoms with Crippen molar-refractivity contribution in [2.75, 3.05) is 26.9 Å². The SMILES string of the molecule is COc1ccc(CCC(=O)OCC(=O)NCCOc2ccccc2)cc1O. The number of rotatable bonds is 10. The second-order valence-corrected chi connectivity index (χ2v) is 5.68. The summed E-state index contributed by atoms with van der Waals surface area (Å²) >= 11 is 0. The summed E-state index contributed by atoms with van der Waals surface area (Å²) < 4.78 is 15.3. The van der Waals surface area contributed by atoms with Crippen LogP contribution in [-0.4, -0.2) is 43.9 Å². The maximum Gasteiger partial charge on any atom is 0.306 e. The molecule has 7 nitrogen and oxygen atoms in total. The quantitative estimate of drug-likeness (QED) is 0.489. The highest BCUT2D eigenvalue weighted by molar-refractivity contribution is 5.80. The van der Waals surface area contributed by atoms with Crippen molar-refractivity contribution in [3.8, 4) is 17.2 Å². The maximum atomic E-state index is 11.7. The summed E-state index contributed by atoms with van der Waals surface area (Å²) in [5, 5.41) is 12.3. The Hall–Kier alpha value is -3.22. The molecular formula is C20H23NO6. The number of ether oxygens (including phenoxy) is 3. The van der Waals surface area contributed by atoms with Gasteiger partial charge in [0.1, 0.15) is 12.4 Å². The van der Waals surface area contributed by atoms with Crippen molar-refractivity contribution in [2.45, 2.75) is 12.8 Å². The summed E-state index contributed by atoms with van der Waals surface area (Å²) in [6, 6.07) is 14.2. The molecule has 0 bridgehead atoms. The lowest BCUT2D eigenvalue weighted by Crippen LogP contribution is -2.32. The van der Waals surface area contributed by atoms with E-state index >= 15 is 0 Å². The van der Waals surface area contributed by atoms with Crippen molar-refractivity contribution in [3.63, 3.8) is 0 Å². The van der Waals surface area contributed by atoms with Gasteiger partial charge in [0, 0.05) is 6.42 Å². The molecule has 7 heteroatoms. The monoisotopic (exact) mass is 373 g/mol. The van der Waals surface area contributed by atoms with Gasteiger partial charge in [0.05, 0.1) is 13.7 Å². The van der Waals surface area contributed by atoms with E-state index in [2.05, 4.69) is 5.32 Å². The molecule has 0 unspecified atom stereocenters. The molecule has 0 heterocycles. The average molecular weight is 373 g/mol. The molecule has 0 saturated heterocycles. The van der Waals surface area contributed by atoms with Crippen LogP contribution in [-0.2, 0) is 20.7 Å². The van der Waals surface area contributed by atoms with E-state index in [1.807, 2.05) is 30.3 Å². The molecule has 27 heavy (non-hydrogen) atoms. The zero-order valence-electron chi connectivity index (χ0n) is 15.1. The van der Waals surface area contributed by atoms with Crippen LogP contribution in [0.1, 0.15) is 12.0 Å². The zero-order chi connectivity index (χ0) is 19.5. The van der Waals surface area contributed by atoms with Gasteiger partial charge in [0.25, 0.3) is 5.91 Å². The van der Waals surface area contributed by atoms with Crippen molar-refractivity contribution >= 4 is 11.9 Å². The standard InChI is InChI=1S/C20H23NO6/c1-25-18-9-7-15(13-17(18)22)8-10-20(24)27-14-19(23)21-11-12-26-16-5-3-2-4-6-16/h2-7,9,13,22H,8,10-12,14H2,1H3,(H,21,23). The van der Waals surface area contributed by atoms with Crippen LogP contribution in [0.3, 0.4) is 0 Å². The predicted molar refractivity (Wildman–Crippen MR) is 98.9 cm³/mol. The minimum absolute atomic E-state index is 0.0143. The van der Waals surface area contributed by atoms with Gasteiger partial charge in [-0.05, 0) is 36.2 Å². The van der Waals surface area contributed by atoms with Crippen LogP contribution >= 0.6 is 0 Å². The molecule has 0 aliphatic carbocycles. The number of amides is 1. The lowest BCUT2D eigenvalue weighted by atomic mass is 10.1. The Morgan fingerprint density at radius 2 is 1.89 bits per heavy atom. The summed E-state index contributed by atoms with van der Waals surface area (Å²) in [5.74, 6) is 0.237. The highest BCUT2D eigenvalue weighted by Gasteiger charge is 2.09. The average Bonchev–Trinajstić information content (AvgIpc) is 2.69. The van der Waals surface area contributed by atoms with Crippen LogP contribution in [0, 0.1) is 0 Å². The molecular weight excluding hydrogens is 350 g/mol. The fourth-order valence-corrected chi connectivity index (χ4v) is 2.28. The van der Waals surface area contributed by atoms with Gasteiger partial charge in [-0.2, -0.15) is 0 Å². The number of para-hydroxylation sites is 1. The first-order chi connectivity index (χ1) is 13.1. The van der Waals surface area contributed by atoms with Gasteiger partial charge in [0.2, 0.25) is 0 Å². The fourth-order valence-electron chi connectivity index (χ4n) is 2.28. The van der Waals surface area contributed by atoms with Crippen molar-refractivity contribution in [1.82, 2.24) is 5.32 Å². The minimum atomic E-state index is -0.485. The Kier molecular flexibility index (Phi) is 7.96. The third-order valence-corrected chi connectivity index (χ3v) is 3.66. The van der Waals surface area contributed by atoms with E-state index in [-0.39, 0.29) is 24.7 Å². The van der Waals surface area contributed by atoms with Crippen molar-refractivity contribution in [3.05, 3.63) is 54.1 Å². The molecule has 0 atom stereocenters. The Balaban J connectivity index is 1.59. The van der Waals surface area contributed by atoms with Crippen molar-refractivity contribution in [2.24, 2.45) is 0 Å². The number of carbonyl (C=O) groups is 2. The van der Waals surface area contributed by atoms with Gasteiger partial charge >= 0.3 is 5.97 Å². The molecule has 0 saturated carbocycles. The van der Waals surface area contributed by atoms with Crippen molar-refractivity contribution in [1.29, 1.82) is 0 Å². The van der Waals surface area contributed by atoms with Crippen LogP contribution in [0.15, 0.2) is 48.5 Å². The van der Waals surface area contributed by atoms with Crippen LogP contribution in [0.2, 0.25) is 0 Å². The van der Waals surface area contributed by atoms with E-state index in [4.69, 9.17) is 14.2 Å². The first-order valence-corrected chi connectivity index (χ1v) is 8.54. The predicted octanol–water partition coefficient (Wildman–Crippen LogP) is 2.07. The summed E-state index contributed by atoms with van der Waals surface area (Å²) in [6.07, 6.45) is 0.499. The molecule has 0 fully saturated rings. The summed E-state index contributed by atoms with van der Waals surface area (Å²) in [7, 11) is 1.46. The third-order valence-electron chi connectivity index (χ3n) is 3.66. The van der Waals surface area contributed by atoms with Gasteiger partial charge in [0.15, 0.2) is 18.1 Å². The number of phenolic OH excluding ortho intramolecular Hbond substituents is 1. The number of phenols is 1. The first kappa shape index (κ1) is 20.1. The van der Waals surface area contributed by atoms with Gasteiger partial charge in [-0.15, -0.1) is 0 Å². The van der Waals surface area contributed by atoms with E-state index in [0.717, 1.165) is 11.3 Å². The fraction of sp³-hybridized carbons (Fsp3) is 0.300. The van der Waals surface area contributed by atoms with Crippen LogP contribution < -0.4 is 14.8 Å². The lowest BCUT2D eigenvalue weighted by molar-refractivity contribution is -0.148. The maximum absolute atomic E-state index is 11.7. The van der Waals surface area contributed by atoms with Crippen LogP contribution in [0.25, 0.3) is 0 Å². The Labute approximate surface area is 157 Å². The van der Waals surface area contributed by atoms with Gasteiger partial charge < -0.3 is 24.6 Å². The van der Waals surface area contributed by atoms with Crippen molar-refractivity contribution < 1.29 is 28.9 Å².